The zero-order chi connectivity index (χ0) is 16.5. The minimum absolute atomic E-state index is 0.0269. The number of nitrogens with one attached hydrogen (secondary N) is 1. The molecule has 22 heavy (non-hydrogen) atoms. The molecule has 0 aliphatic heterocycles. The van der Waals surface area contributed by atoms with Crippen LogP contribution < -0.4 is 10.5 Å². The number of aryl methyl sites for hydroxylation is 1. The van der Waals surface area contributed by atoms with Gasteiger partial charge >= 0.3 is 6.18 Å². The van der Waals surface area contributed by atoms with Crippen molar-refractivity contribution in [3.8, 4) is 0 Å². The van der Waals surface area contributed by atoms with Crippen LogP contribution in [0.25, 0.3) is 0 Å². The van der Waals surface area contributed by atoms with Crippen molar-refractivity contribution in [2.24, 2.45) is 12.2 Å². The molecule has 0 bridgehead atoms. The van der Waals surface area contributed by atoms with Crippen LogP contribution in [0.5, 0.6) is 0 Å². The van der Waals surface area contributed by atoms with Crippen molar-refractivity contribution < 1.29 is 21.6 Å². The van der Waals surface area contributed by atoms with E-state index in [4.69, 9.17) is 5.14 Å². The maximum Gasteiger partial charge on any atom is 0.416 e. The number of halogens is 3. The van der Waals surface area contributed by atoms with Crippen LogP contribution in [0, 0.1) is 0 Å². The Labute approximate surface area is 124 Å². The van der Waals surface area contributed by atoms with Gasteiger partial charge in [0.1, 0.15) is 0 Å². The van der Waals surface area contributed by atoms with Gasteiger partial charge < -0.3 is 5.32 Å². The molecule has 0 unspecified atom stereocenters. The largest absolute Gasteiger partial charge is 0.416 e. The highest BCUT2D eigenvalue weighted by Crippen LogP contribution is 2.30. The molecule has 2 rings (SSSR count). The van der Waals surface area contributed by atoms with E-state index in [9.17, 15) is 21.6 Å². The number of hydrogen-bond acceptors (Lipinski definition) is 4. The molecule has 1 aromatic carbocycles. The summed E-state index contributed by atoms with van der Waals surface area (Å²) in [5.41, 5.74) is -0.322. The highest BCUT2D eigenvalue weighted by atomic mass is 32.2. The average molecular weight is 334 g/mol. The lowest BCUT2D eigenvalue weighted by atomic mass is 10.2. The van der Waals surface area contributed by atoms with Crippen molar-refractivity contribution in [3.05, 3.63) is 41.6 Å². The highest BCUT2D eigenvalue weighted by molar-refractivity contribution is 7.89. The smallest absolute Gasteiger partial charge is 0.381 e. The molecule has 0 saturated carbocycles. The van der Waals surface area contributed by atoms with Crippen molar-refractivity contribution in [2.75, 3.05) is 5.32 Å². The average Bonchev–Trinajstić information content (AvgIpc) is 2.77. The number of primary sulfonamides is 1. The molecule has 0 amide bonds. The molecular formula is C12H13F3N4O2S. The number of nitrogens with two attached hydrogens (primary N) is 1. The first kappa shape index (κ1) is 16.3. The molecule has 6 nitrogen and oxygen atoms in total. The molecule has 1 aromatic heterocycles. The van der Waals surface area contributed by atoms with Gasteiger partial charge in [-0.05, 0) is 18.2 Å². The van der Waals surface area contributed by atoms with Crippen LogP contribution in [0.15, 0.2) is 35.5 Å². The molecule has 2 aromatic rings. The number of anilines is 1. The minimum Gasteiger partial charge on any atom is -0.381 e. The molecule has 0 atom stereocenters. The highest BCUT2D eigenvalue weighted by Gasteiger charge is 2.30. The van der Waals surface area contributed by atoms with Crippen LogP contribution in [0.1, 0.15) is 11.1 Å². The van der Waals surface area contributed by atoms with Crippen molar-refractivity contribution >= 4 is 15.7 Å². The normalized spacial score (nSPS) is 12.4. The molecule has 0 spiro atoms. The van der Waals surface area contributed by atoms with E-state index in [-0.39, 0.29) is 22.8 Å². The molecule has 0 radical (unpaired) electrons. The van der Waals surface area contributed by atoms with Crippen LogP contribution in [-0.4, -0.2) is 18.2 Å². The van der Waals surface area contributed by atoms with Gasteiger partial charge in [-0.3, -0.25) is 4.68 Å². The number of rotatable bonds is 4. The molecular weight excluding hydrogens is 321 g/mol. The number of nitrogens with zero attached hydrogens (tertiary/aromatic N) is 2. The van der Waals surface area contributed by atoms with Crippen molar-refractivity contribution in [3.63, 3.8) is 0 Å². The molecule has 3 N–H and O–H groups in total. The Kier molecular flexibility index (Phi) is 4.16. The molecule has 10 heteroatoms. The SMILES string of the molecule is Cn1ncc(CNc2cccc(C(F)(F)F)c2)c1S(N)(=O)=O. The van der Waals surface area contributed by atoms with Gasteiger partial charge in [0, 0.05) is 24.8 Å². The third kappa shape index (κ3) is 3.57. The van der Waals surface area contributed by atoms with Crippen LogP contribution >= 0.6 is 0 Å². The van der Waals surface area contributed by atoms with E-state index in [0.29, 0.717) is 0 Å². The van der Waals surface area contributed by atoms with Crippen LogP contribution in [-0.2, 0) is 29.8 Å². The lowest BCUT2D eigenvalue weighted by Gasteiger charge is -2.10. The van der Waals surface area contributed by atoms with Gasteiger partial charge in [-0.25, -0.2) is 13.6 Å². The van der Waals surface area contributed by atoms with E-state index in [1.54, 1.807) is 0 Å². The zero-order valence-electron chi connectivity index (χ0n) is 11.4. The molecule has 120 valence electrons. The maximum absolute atomic E-state index is 12.6. The fraction of sp³-hybridized carbons (Fsp3) is 0.250. The number of benzene rings is 1. The van der Waals surface area contributed by atoms with Gasteiger partial charge in [0.05, 0.1) is 11.8 Å². The summed E-state index contributed by atoms with van der Waals surface area (Å²) in [5.74, 6) is 0. The Bertz CT molecular complexity index is 784. The fourth-order valence-corrected chi connectivity index (χ4v) is 2.87. The Morgan fingerprint density at radius 2 is 2.05 bits per heavy atom. The Morgan fingerprint density at radius 3 is 2.64 bits per heavy atom. The molecule has 0 fully saturated rings. The summed E-state index contributed by atoms with van der Waals surface area (Å²) in [4.78, 5) is 0. The summed E-state index contributed by atoms with van der Waals surface area (Å²) in [6.07, 6.45) is -3.15. The Balaban J connectivity index is 2.22. The van der Waals surface area contributed by atoms with Gasteiger partial charge in [-0.2, -0.15) is 18.3 Å². The Hall–Kier alpha value is -2.07. The Morgan fingerprint density at radius 1 is 1.36 bits per heavy atom. The van der Waals surface area contributed by atoms with Crippen LogP contribution in [0.2, 0.25) is 0 Å². The first-order valence-corrected chi connectivity index (χ1v) is 7.58. The van der Waals surface area contributed by atoms with E-state index in [1.165, 1.54) is 25.4 Å². The predicted octanol–water partition coefficient (Wildman–Crippen LogP) is 1.70. The summed E-state index contributed by atoms with van der Waals surface area (Å²) in [6, 6.07) is 4.59. The van der Waals surface area contributed by atoms with Crippen molar-refractivity contribution in [1.82, 2.24) is 9.78 Å². The molecule has 0 aliphatic carbocycles. The second-order valence-corrected chi connectivity index (χ2v) is 6.05. The van der Waals surface area contributed by atoms with Gasteiger partial charge in [0.2, 0.25) is 0 Å². The summed E-state index contributed by atoms with van der Waals surface area (Å²) >= 11 is 0. The zero-order valence-corrected chi connectivity index (χ0v) is 12.2. The quantitative estimate of drug-likeness (QED) is 0.890. The topological polar surface area (TPSA) is 90.0 Å². The fourth-order valence-electron chi connectivity index (χ4n) is 1.96. The van der Waals surface area contributed by atoms with E-state index >= 15 is 0 Å². The van der Waals surface area contributed by atoms with Gasteiger partial charge in [-0.15, -0.1) is 0 Å². The second-order valence-electron chi connectivity index (χ2n) is 4.58. The monoisotopic (exact) mass is 334 g/mol. The first-order chi connectivity index (χ1) is 10.1. The molecule has 0 saturated heterocycles. The van der Waals surface area contributed by atoms with Crippen molar-refractivity contribution in [2.45, 2.75) is 17.7 Å². The number of aromatic nitrogens is 2. The van der Waals surface area contributed by atoms with E-state index in [0.717, 1.165) is 16.8 Å². The third-order valence-electron chi connectivity index (χ3n) is 2.90. The van der Waals surface area contributed by atoms with E-state index < -0.39 is 21.8 Å². The predicted molar refractivity (Wildman–Crippen MR) is 73.4 cm³/mol. The van der Waals surface area contributed by atoms with Gasteiger partial charge in [0.25, 0.3) is 10.0 Å². The maximum atomic E-state index is 12.6. The van der Waals surface area contributed by atoms with Gasteiger partial charge in [0.15, 0.2) is 5.03 Å². The first-order valence-electron chi connectivity index (χ1n) is 6.04. The van der Waals surface area contributed by atoms with Crippen molar-refractivity contribution in [1.29, 1.82) is 0 Å². The van der Waals surface area contributed by atoms with E-state index in [1.807, 2.05) is 0 Å². The third-order valence-corrected chi connectivity index (χ3v) is 3.96. The van der Waals surface area contributed by atoms with Gasteiger partial charge in [-0.1, -0.05) is 6.07 Å². The standard InChI is InChI=1S/C12H13F3N4O2S/c1-19-11(22(16,20)21)8(7-18-19)6-17-10-4-2-3-9(5-10)12(13,14)15/h2-5,7,17H,6H2,1H3,(H2,16,20,21). The second kappa shape index (κ2) is 5.61. The van der Waals surface area contributed by atoms with Crippen LogP contribution in [0.4, 0.5) is 18.9 Å². The number of alkyl halides is 3. The lowest BCUT2D eigenvalue weighted by molar-refractivity contribution is -0.137. The van der Waals surface area contributed by atoms with E-state index in [2.05, 4.69) is 10.4 Å². The molecule has 1 heterocycles. The lowest BCUT2D eigenvalue weighted by Crippen LogP contribution is -2.19. The summed E-state index contributed by atoms with van der Waals surface area (Å²) < 4.78 is 61.9. The van der Waals surface area contributed by atoms with Crippen LogP contribution in [0.3, 0.4) is 0 Å². The summed E-state index contributed by atoms with van der Waals surface area (Å²) in [5, 5.41) is 11.4. The molecule has 0 aliphatic rings. The number of sulfonamides is 1. The summed E-state index contributed by atoms with van der Waals surface area (Å²) in [7, 11) is -2.57. The number of hydrogen-bond donors (Lipinski definition) is 2. The minimum atomic E-state index is -4.45. The summed E-state index contributed by atoms with van der Waals surface area (Å²) in [6.45, 7) is -0.0269.